The molecular weight excluding hydrogens is 356 g/mol. The first kappa shape index (κ1) is 17.5. The number of rotatable bonds is 3. The van der Waals surface area contributed by atoms with Gasteiger partial charge in [0.05, 0.1) is 4.88 Å². The van der Waals surface area contributed by atoms with E-state index in [2.05, 4.69) is 5.32 Å². The molecule has 0 unspecified atom stereocenters. The van der Waals surface area contributed by atoms with Gasteiger partial charge in [-0.3, -0.25) is 9.59 Å². The summed E-state index contributed by atoms with van der Waals surface area (Å²) in [5, 5.41) is 4.87. The van der Waals surface area contributed by atoms with Gasteiger partial charge in [-0.25, -0.2) is 0 Å². The number of carbonyl (C=O) groups is 2. The van der Waals surface area contributed by atoms with Gasteiger partial charge >= 0.3 is 0 Å². The number of thiophene rings is 1. The van der Waals surface area contributed by atoms with Crippen molar-refractivity contribution < 1.29 is 9.59 Å². The number of amides is 2. The van der Waals surface area contributed by atoms with E-state index in [0.717, 1.165) is 33.7 Å². The molecule has 2 aromatic carbocycles. The molecule has 0 fully saturated rings. The molecule has 1 N–H and O–H groups in total. The Morgan fingerprint density at radius 2 is 1.81 bits per heavy atom. The lowest BCUT2D eigenvalue weighted by Gasteiger charge is -2.17. The second kappa shape index (κ2) is 7.00. The predicted octanol–water partition coefficient (Wildman–Crippen LogP) is 4.82. The maximum absolute atomic E-state index is 12.7. The Bertz CT molecular complexity index is 1000. The molecule has 1 aliphatic heterocycles. The fourth-order valence-corrected chi connectivity index (χ4v) is 4.18. The lowest BCUT2D eigenvalue weighted by molar-refractivity contribution is 0.0991. The van der Waals surface area contributed by atoms with Gasteiger partial charge in [0.25, 0.3) is 11.8 Å². The third-order valence-electron chi connectivity index (χ3n) is 4.70. The van der Waals surface area contributed by atoms with E-state index < -0.39 is 0 Å². The average Bonchev–Trinajstić information content (AvgIpc) is 3.30. The topological polar surface area (TPSA) is 49.4 Å². The third kappa shape index (κ3) is 3.51. The highest BCUT2D eigenvalue weighted by atomic mass is 32.1. The van der Waals surface area contributed by atoms with Crippen LogP contribution in [0.2, 0.25) is 0 Å². The van der Waals surface area contributed by atoms with Crippen LogP contribution in [0.1, 0.15) is 36.7 Å². The molecule has 4 nitrogen and oxygen atoms in total. The molecule has 0 saturated heterocycles. The van der Waals surface area contributed by atoms with Crippen molar-refractivity contribution in [2.45, 2.75) is 20.3 Å². The van der Waals surface area contributed by atoms with E-state index in [1.54, 1.807) is 4.90 Å². The van der Waals surface area contributed by atoms with E-state index in [1.165, 1.54) is 11.3 Å². The summed E-state index contributed by atoms with van der Waals surface area (Å²) in [6.07, 6.45) is 0.831. The number of anilines is 2. The summed E-state index contributed by atoms with van der Waals surface area (Å²) in [5.74, 6) is -0.127. The van der Waals surface area contributed by atoms with Crippen LogP contribution in [-0.2, 0) is 6.42 Å². The minimum atomic E-state index is -0.143. The van der Waals surface area contributed by atoms with Crippen LogP contribution in [0.5, 0.6) is 0 Å². The monoisotopic (exact) mass is 376 g/mol. The zero-order chi connectivity index (χ0) is 19.0. The molecule has 1 aromatic heterocycles. The first-order valence-electron chi connectivity index (χ1n) is 8.89. The van der Waals surface area contributed by atoms with Gasteiger partial charge in [0.1, 0.15) is 0 Å². The quantitative estimate of drug-likeness (QED) is 0.712. The van der Waals surface area contributed by atoms with Gasteiger partial charge in [0.15, 0.2) is 0 Å². The number of nitrogens with zero attached hydrogens (tertiary/aromatic N) is 1. The minimum absolute atomic E-state index is 0.0153. The largest absolute Gasteiger partial charge is 0.322 e. The smallest absolute Gasteiger partial charge is 0.268 e. The number of nitrogens with one attached hydrogen (secondary N) is 1. The molecule has 0 bridgehead atoms. The molecule has 27 heavy (non-hydrogen) atoms. The van der Waals surface area contributed by atoms with Gasteiger partial charge in [-0.2, -0.15) is 0 Å². The number of fused-ring (bicyclic) bond motifs is 1. The van der Waals surface area contributed by atoms with Gasteiger partial charge < -0.3 is 10.2 Å². The van der Waals surface area contributed by atoms with Crippen LogP contribution in [-0.4, -0.2) is 18.4 Å². The molecule has 0 aliphatic carbocycles. The molecule has 2 heterocycles. The van der Waals surface area contributed by atoms with Gasteiger partial charge in [0, 0.05) is 23.5 Å². The molecule has 0 saturated carbocycles. The molecule has 0 radical (unpaired) electrons. The SMILES string of the molecule is Cc1cc(C)cc(C(=O)Nc2ccc3c(c2)N(C(=O)c2cccs2)CC3)c1. The molecule has 5 heteroatoms. The van der Waals surface area contributed by atoms with Gasteiger partial charge in [-0.15, -0.1) is 11.3 Å². The van der Waals surface area contributed by atoms with Crippen molar-refractivity contribution in [3.8, 4) is 0 Å². The van der Waals surface area contributed by atoms with Crippen LogP contribution in [0.25, 0.3) is 0 Å². The summed E-state index contributed by atoms with van der Waals surface area (Å²) in [6, 6.07) is 15.3. The second-order valence-corrected chi connectivity index (χ2v) is 7.81. The summed E-state index contributed by atoms with van der Waals surface area (Å²) < 4.78 is 0. The molecule has 2 amide bonds. The second-order valence-electron chi connectivity index (χ2n) is 6.86. The first-order chi connectivity index (χ1) is 13.0. The van der Waals surface area contributed by atoms with Gasteiger partial charge in [-0.05, 0) is 61.5 Å². The molecule has 1 aliphatic rings. The van der Waals surface area contributed by atoms with Crippen LogP contribution in [0.3, 0.4) is 0 Å². The Labute approximate surface area is 162 Å². The Morgan fingerprint density at radius 3 is 2.52 bits per heavy atom. The van der Waals surface area contributed by atoms with Crippen LogP contribution in [0.15, 0.2) is 53.9 Å². The van der Waals surface area contributed by atoms with Gasteiger partial charge in [0.2, 0.25) is 0 Å². The average molecular weight is 376 g/mol. The van der Waals surface area contributed by atoms with E-state index in [4.69, 9.17) is 0 Å². The van der Waals surface area contributed by atoms with E-state index in [-0.39, 0.29) is 11.8 Å². The summed E-state index contributed by atoms with van der Waals surface area (Å²) in [6.45, 7) is 4.63. The van der Waals surface area contributed by atoms with Crippen molar-refractivity contribution >= 4 is 34.5 Å². The molecule has 4 rings (SSSR count). The molecule has 0 atom stereocenters. The lowest BCUT2D eigenvalue weighted by atomic mass is 10.1. The number of hydrogen-bond donors (Lipinski definition) is 1. The highest BCUT2D eigenvalue weighted by Gasteiger charge is 2.26. The number of hydrogen-bond acceptors (Lipinski definition) is 3. The van der Waals surface area contributed by atoms with Crippen molar-refractivity contribution in [3.63, 3.8) is 0 Å². The summed E-state index contributed by atoms with van der Waals surface area (Å²) in [7, 11) is 0. The standard InChI is InChI=1S/C22H20N2O2S/c1-14-10-15(2)12-17(11-14)21(25)23-18-6-5-16-7-8-24(19(16)13-18)22(26)20-4-3-9-27-20/h3-6,9-13H,7-8H2,1-2H3,(H,23,25). The number of carbonyl (C=O) groups excluding carboxylic acids is 2. The molecular formula is C22H20N2O2S. The summed E-state index contributed by atoms with van der Waals surface area (Å²) in [5.41, 5.74) is 5.46. The molecule has 3 aromatic rings. The van der Waals surface area contributed by atoms with Crippen molar-refractivity contribution in [3.05, 3.63) is 81.0 Å². The van der Waals surface area contributed by atoms with E-state index in [0.29, 0.717) is 17.8 Å². The van der Waals surface area contributed by atoms with Crippen LogP contribution >= 0.6 is 11.3 Å². The van der Waals surface area contributed by atoms with E-state index >= 15 is 0 Å². The van der Waals surface area contributed by atoms with Crippen LogP contribution in [0, 0.1) is 13.8 Å². The number of aryl methyl sites for hydroxylation is 2. The van der Waals surface area contributed by atoms with Crippen LogP contribution < -0.4 is 10.2 Å². The van der Waals surface area contributed by atoms with E-state index in [9.17, 15) is 9.59 Å². The Morgan fingerprint density at radius 1 is 1.04 bits per heavy atom. The molecule has 0 spiro atoms. The maximum atomic E-state index is 12.7. The third-order valence-corrected chi connectivity index (χ3v) is 5.56. The Kier molecular flexibility index (Phi) is 4.54. The highest BCUT2D eigenvalue weighted by Crippen LogP contribution is 2.32. The maximum Gasteiger partial charge on any atom is 0.268 e. The normalized spacial score (nSPS) is 12.7. The number of benzene rings is 2. The minimum Gasteiger partial charge on any atom is -0.322 e. The zero-order valence-electron chi connectivity index (χ0n) is 15.3. The molecule has 136 valence electrons. The van der Waals surface area contributed by atoms with Gasteiger partial charge in [-0.1, -0.05) is 29.3 Å². The fourth-order valence-electron chi connectivity index (χ4n) is 3.51. The van der Waals surface area contributed by atoms with E-state index in [1.807, 2.05) is 67.8 Å². The van der Waals surface area contributed by atoms with Crippen LogP contribution in [0.4, 0.5) is 11.4 Å². The fraction of sp³-hybridized carbons (Fsp3) is 0.182. The van der Waals surface area contributed by atoms with Crippen molar-refractivity contribution in [1.82, 2.24) is 0 Å². The Hall–Kier alpha value is -2.92. The van der Waals surface area contributed by atoms with Crippen molar-refractivity contribution in [2.24, 2.45) is 0 Å². The van der Waals surface area contributed by atoms with Crippen molar-refractivity contribution in [1.29, 1.82) is 0 Å². The zero-order valence-corrected chi connectivity index (χ0v) is 16.1. The summed E-state index contributed by atoms with van der Waals surface area (Å²) >= 11 is 1.45. The lowest BCUT2D eigenvalue weighted by Crippen LogP contribution is -2.28. The highest BCUT2D eigenvalue weighted by molar-refractivity contribution is 7.12. The van der Waals surface area contributed by atoms with Crippen molar-refractivity contribution in [2.75, 3.05) is 16.8 Å². The Balaban J connectivity index is 1.58. The first-order valence-corrected chi connectivity index (χ1v) is 9.77. The summed E-state index contributed by atoms with van der Waals surface area (Å²) in [4.78, 5) is 27.9. The predicted molar refractivity (Wildman–Crippen MR) is 110 cm³/mol.